The van der Waals surface area contributed by atoms with E-state index in [0.29, 0.717) is 12.8 Å². The first kappa shape index (κ1) is 24.3. The number of hydrogen-bond donors (Lipinski definition) is 0. The predicted octanol–water partition coefficient (Wildman–Crippen LogP) is 2.61. The highest BCUT2D eigenvalue weighted by atomic mass is 32.2. The van der Waals surface area contributed by atoms with Crippen molar-refractivity contribution in [3.05, 3.63) is 0 Å². The van der Waals surface area contributed by atoms with E-state index >= 15 is 0 Å². The van der Waals surface area contributed by atoms with E-state index in [1.54, 1.807) is 6.92 Å². The van der Waals surface area contributed by atoms with E-state index in [4.69, 9.17) is 8.37 Å². The van der Waals surface area contributed by atoms with E-state index in [9.17, 15) is 26.4 Å². The van der Waals surface area contributed by atoms with Crippen molar-refractivity contribution in [2.45, 2.75) is 82.6 Å². The number of Topliss-reactive ketones (excluding diaryl/α,β-unsaturated/α-hetero) is 2. The molecule has 4 fully saturated rings. The highest BCUT2D eigenvalue weighted by Gasteiger charge is 2.72. The Morgan fingerprint density at radius 2 is 1.12 bits per heavy atom. The lowest BCUT2D eigenvalue weighted by molar-refractivity contribution is -0.122. The fourth-order valence-electron chi connectivity index (χ4n) is 7.10. The lowest BCUT2D eigenvalue weighted by atomic mass is 9.81. The molecule has 0 spiro atoms. The molecule has 0 N–H and O–H groups in total. The van der Waals surface area contributed by atoms with Crippen LogP contribution in [-0.2, 0) is 38.2 Å². The van der Waals surface area contributed by atoms with Crippen molar-refractivity contribution < 1.29 is 34.8 Å². The minimum absolute atomic E-state index is 0.0288. The molecule has 0 aromatic rings. The van der Waals surface area contributed by atoms with Gasteiger partial charge < -0.3 is 0 Å². The summed E-state index contributed by atoms with van der Waals surface area (Å²) in [4.78, 5) is 25.3. The zero-order valence-corrected chi connectivity index (χ0v) is 21.1. The van der Waals surface area contributed by atoms with Gasteiger partial charge in [0.1, 0.15) is 0 Å². The molecular weight excluding hydrogens is 456 g/mol. The Hall–Kier alpha value is -0.840. The van der Waals surface area contributed by atoms with Gasteiger partial charge in [0, 0.05) is 18.8 Å². The second-order valence-corrected chi connectivity index (χ2v) is 15.1. The van der Waals surface area contributed by atoms with Crippen molar-refractivity contribution in [3.63, 3.8) is 0 Å². The van der Waals surface area contributed by atoms with Crippen LogP contribution >= 0.6 is 0 Å². The molecule has 4 bridgehead atoms. The maximum Gasteiger partial charge on any atom is 0.280 e. The van der Waals surface area contributed by atoms with Gasteiger partial charge in [0.05, 0.1) is 13.2 Å². The Balaban J connectivity index is 1.43. The molecule has 4 unspecified atom stereocenters. The van der Waals surface area contributed by atoms with Crippen molar-refractivity contribution in [1.82, 2.24) is 0 Å². The molecular formula is C22H34O8S2. The molecule has 0 aromatic heterocycles. The molecule has 0 aliphatic heterocycles. The molecule has 8 nitrogen and oxygen atoms in total. The van der Waals surface area contributed by atoms with Crippen molar-refractivity contribution in [2.75, 3.05) is 13.2 Å². The second-order valence-electron chi connectivity index (χ2n) is 11.4. The number of hydrogen-bond acceptors (Lipinski definition) is 8. The van der Waals surface area contributed by atoms with Crippen LogP contribution in [0.3, 0.4) is 0 Å². The van der Waals surface area contributed by atoms with Gasteiger partial charge in [-0.1, -0.05) is 34.6 Å². The van der Waals surface area contributed by atoms with Crippen LogP contribution in [-0.4, -0.2) is 51.1 Å². The van der Waals surface area contributed by atoms with E-state index in [0.717, 1.165) is 0 Å². The molecule has 4 atom stereocenters. The quantitative estimate of drug-likeness (QED) is 0.476. The first-order valence-corrected chi connectivity index (χ1v) is 14.2. The third-order valence-corrected chi connectivity index (χ3v) is 14.0. The molecule has 0 saturated heterocycles. The Kier molecular flexibility index (Phi) is 5.38. The predicted molar refractivity (Wildman–Crippen MR) is 117 cm³/mol. The maximum absolute atomic E-state index is 13.1. The summed E-state index contributed by atoms with van der Waals surface area (Å²) < 4.78 is 60.1. The second kappa shape index (κ2) is 7.09. The SMILES string of the molecule is CC(COS(=O)(=O)C12CCC(CC1=O)C2(C)C)COS(=O)(=O)C12CCC(CC1=O)C2(C)C. The topological polar surface area (TPSA) is 121 Å². The van der Waals surface area contributed by atoms with E-state index < -0.39 is 46.5 Å². The third kappa shape index (κ3) is 2.78. The van der Waals surface area contributed by atoms with Gasteiger partial charge in [0.15, 0.2) is 21.1 Å². The largest absolute Gasteiger partial charge is 0.298 e. The maximum atomic E-state index is 13.1. The first-order valence-electron chi connectivity index (χ1n) is 11.4. The van der Waals surface area contributed by atoms with Crippen molar-refractivity contribution >= 4 is 31.8 Å². The van der Waals surface area contributed by atoms with Gasteiger partial charge in [0.2, 0.25) is 0 Å². The number of rotatable bonds is 8. The van der Waals surface area contributed by atoms with Gasteiger partial charge in [-0.25, -0.2) is 0 Å². The van der Waals surface area contributed by atoms with Crippen molar-refractivity contribution in [3.8, 4) is 0 Å². The molecule has 0 amide bonds. The lowest BCUT2D eigenvalue weighted by Crippen LogP contribution is -2.52. The molecule has 0 radical (unpaired) electrons. The molecule has 4 saturated carbocycles. The van der Waals surface area contributed by atoms with Crippen LogP contribution in [0.2, 0.25) is 0 Å². The fourth-order valence-corrected chi connectivity index (χ4v) is 11.4. The van der Waals surface area contributed by atoms with E-state index in [2.05, 4.69) is 0 Å². The van der Waals surface area contributed by atoms with Gasteiger partial charge in [0.25, 0.3) is 20.2 Å². The third-order valence-electron chi connectivity index (χ3n) is 9.45. The van der Waals surface area contributed by atoms with Gasteiger partial charge in [-0.3, -0.25) is 18.0 Å². The van der Waals surface area contributed by atoms with Gasteiger partial charge >= 0.3 is 0 Å². The molecule has 0 aromatic carbocycles. The molecule has 4 aliphatic rings. The molecule has 4 aliphatic carbocycles. The first-order chi connectivity index (χ1) is 14.6. The number of carbonyl (C=O) groups excluding carboxylic acids is 2. The van der Waals surface area contributed by atoms with Crippen LogP contribution in [0.4, 0.5) is 0 Å². The van der Waals surface area contributed by atoms with Gasteiger partial charge in [-0.2, -0.15) is 16.8 Å². The Morgan fingerprint density at radius 1 is 0.781 bits per heavy atom. The van der Waals surface area contributed by atoms with Crippen LogP contribution < -0.4 is 0 Å². The van der Waals surface area contributed by atoms with Gasteiger partial charge in [-0.15, -0.1) is 0 Å². The van der Waals surface area contributed by atoms with Crippen LogP contribution in [0.25, 0.3) is 0 Å². The normalized spacial score (nSPS) is 38.5. The van der Waals surface area contributed by atoms with E-state index in [1.165, 1.54) is 0 Å². The van der Waals surface area contributed by atoms with Crippen LogP contribution in [0.5, 0.6) is 0 Å². The zero-order valence-electron chi connectivity index (χ0n) is 19.5. The molecule has 182 valence electrons. The zero-order chi connectivity index (χ0) is 24.0. The summed E-state index contributed by atoms with van der Waals surface area (Å²) >= 11 is 0. The number of fused-ring (bicyclic) bond motifs is 4. The van der Waals surface area contributed by atoms with Crippen molar-refractivity contribution in [2.24, 2.45) is 28.6 Å². The minimum Gasteiger partial charge on any atom is -0.298 e. The van der Waals surface area contributed by atoms with Crippen molar-refractivity contribution in [1.29, 1.82) is 0 Å². The average molecular weight is 491 g/mol. The average Bonchev–Trinajstić information content (AvgIpc) is 3.25. The monoisotopic (exact) mass is 490 g/mol. The van der Waals surface area contributed by atoms with E-state index in [-0.39, 0.29) is 62.3 Å². The summed E-state index contributed by atoms with van der Waals surface area (Å²) in [5.41, 5.74) is -1.39. The van der Waals surface area contributed by atoms with E-state index in [1.807, 2.05) is 27.7 Å². The fraction of sp³-hybridized carbons (Fsp3) is 0.909. The summed E-state index contributed by atoms with van der Waals surface area (Å²) in [6, 6.07) is 0. The Morgan fingerprint density at radius 3 is 1.38 bits per heavy atom. The number of ketones is 2. The van der Waals surface area contributed by atoms with Crippen LogP contribution in [0, 0.1) is 28.6 Å². The van der Waals surface area contributed by atoms with Crippen LogP contribution in [0.15, 0.2) is 0 Å². The smallest absolute Gasteiger partial charge is 0.280 e. The molecule has 10 heteroatoms. The highest BCUT2D eigenvalue weighted by molar-refractivity contribution is 7.89. The lowest BCUT2D eigenvalue weighted by Gasteiger charge is -2.35. The molecule has 0 heterocycles. The van der Waals surface area contributed by atoms with Crippen LogP contribution in [0.1, 0.15) is 73.1 Å². The Labute approximate surface area is 191 Å². The standard InChI is InChI=1S/C22H34O8S2/c1-14(12-29-31(25,26)21-8-6-15(10-17(21)23)19(21,2)3)13-30-32(27,28)22-9-7-16(11-18(22)24)20(22,4)5/h14-16H,6-13H2,1-5H3. The molecule has 32 heavy (non-hydrogen) atoms. The Bertz CT molecular complexity index is 973. The minimum atomic E-state index is -4.20. The number of carbonyl (C=O) groups is 2. The summed E-state index contributed by atoms with van der Waals surface area (Å²) in [5, 5.41) is 0. The highest BCUT2D eigenvalue weighted by Crippen LogP contribution is 2.63. The summed E-state index contributed by atoms with van der Waals surface area (Å²) in [6.07, 6.45) is 2.35. The molecule has 4 rings (SSSR count). The summed E-state index contributed by atoms with van der Waals surface area (Å²) in [5.74, 6) is -1.09. The summed E-state index contributed by atoms with van der Waals surface area (Å²) in [6.45, 7) is 8.28. The van der Waals surface area contributed by atoms with Gasteiger partial charge in [-0.05, 0) is 48.3 Å². The summed E-state index contributed by atoms with van der Waals surface area (Å²) in [7, 11) is -8.39.